The Morgan fingerprint density at radius 1 is 1.50 bits per heavy atom. The van der Waals surface area contributed by atoms with Gasteiger partial charge < -0.3 is 11.5 Å². The first-order chi connectivity index (χ1) is 3.55. The van der Waals surface area contributed by atoms with E-state index in [0.717, 1.165) is 0 Å². The summed E-state index contributed by atoms with van der Waals surface area (Å²) in [5.41, 5.74) is 10.1. The Kier molecular flexibility index (Phi) is 2.34. The van der Waals surface area contributed by atoms with Crippen molar-refractivity contribution in [3.63, 3.8) is 0 Å². The Hall–Kier alpha value is -0.700. The molecule has 0 aliphatic rings. The molecular weight excluding hydrogens is 128 g/mol. The predicted molar refractivity (Wildman–Crippen MR) is 31.9 cm³/mol. The maximum Gasteiger partial charge on any atom is 0.261 e. The second-order valence-electron chi connectivity index (χ2n) is 1.36. The number of allylic oxidation sites excluding steroid dienone is 1. The van der Waals surface area contributed by atoms with Gasteiger partial charge in [0, 0.05) is 5.70 Å². The lowest BCUT2D eigenvalue weighted by molar-refractivity contribution is -0.114. The van der Waals surface area contributed by atoms with E-state index in [2.05, 4.69) is 0 Å². The Morgan fingerprint density at radius 3 is 1.88 bits per heavy atom. The van der Waals surface area contributed by atoms with Crippen LogP contribution in [-0.4, -0.2) is 5.91 Å². The van der Waals surface area contributed by atoms with Gasteiger partial charge in [0.2, 0.25) is 0 Å². The molecule has 0 aliphatic heterocycles. The van der Waals surface area contributed by atoms with Gasteiger partial charge in [-0.3, -0.25) is 4.79 Å². The van der Waals surface area contributed by atoms with Crippen LogP contribution in [-0.2, 0) is 4.79 Å². The van der Waals surface area contributed by atoms with E-state index in [1.165, 1.54) is 6.92 Å². The number of nitrogens with two attached hydrogens (primary N) is 2. The molecule has 3 nitrogen and oxygen atoms in total. The number of carbonyl (C=O) groups excluding carboxylic acids is 1. The van der Waals surface area contributed by atoms with Crippen molar-refractivity contribution in [1.82, 2.24) is 0 Å². The number of rotatable bonds is 1. The number of primary amides is 1. The van der Waals surface area contributed by atoms with E-state index in [1.54, 1.807) is 0 Å². The first kappa shape index (κ1) is 7.30. The maximum absolute atomic E-state index is 10.1. The highest BCUT2D eigenvalue weighted by Crippen LogP contribution is 2.01. The minimum absolute atomic E-state index is 0.0926. The van der Waals surface area contributed by atoms with Crippen LogP contribution in [0.4, 0.5) is 0 Å². The summed E-state index contributed by atoms with van der Waals surface area (Å²) in [6.07, 6.45) is 0. The molecule has 46 valence electrons. The van der Waals surface area contributed by atoms with Crippen molar-refractivity contribution in [2.75, 3.05) is 0 Å². The topological polar surface area (TPSA) is 69.1 Å². The molecule has 0 radical (unpaired) electrons. The zero-order valence-corrected chi connectivity index (χ0v) is 5.20. The van der Waals surface area contributed by atoms with E-state index >= 15 is 0 Å². The average Bonchev–Trinajstić information content (AvgIpc) is 1.64. The molecule has 0 aromatic rings. The predicted octanol–water partition coefficient (Wildman–Crippen LogP) is -0.0993. The highest BCUT2D eigenvalue weighted by Gasteiger charge is 2.00. The first-order valence-corrected chi connectivity index (χ1v) is 2.35. The summed E-state index contributed by atoms with van der Waals surface area (Å²) < 4.78 is 0. The van der Waals surface area contributed by atoms with Crippen LogP contribution in [0.15, 0.2) is 10.7 Å². The Morgan fingerprint density at radius 2 is 1.88 bits per heavy atom. The fourth-order valence-corrected chi connectivity index (χ4v) is 0.194. The van der Waals surface area contributed by atoms with E-state index in [0.29, 0.717) is 0 Å². The summed E-state index contributed by atoms with van der Waals surface area (Å²) >= 11 is 5.23. The molecule has 0 saturated heterocycles. The maximum atomic E-state index is 10.1. The SMILES string of the molecule is C/C(N)=C(/Cl)C(N)=O. The summed E-state index contributed by atoms with van der Waals surface area (Å²) in [4.78, 5) is 10.1. The van der Waals surface area contributed by atoms with Gasteiger partial charge in [0.15, 0.2) is 0 Å². The van der Waals surface area contributed by atoms with Crippen molar-refractivity contribution in [2.24, 2.45) is 11.5 Å². The highest BCUT2D eigenvalue weighted by atomic mass is 35.5. The average molecular weight is 135 g/mol. The fraction of sp³-hybridized carbons (Fsp3) is 0.250. The van der Waals surface area contributed by atoms with Crippen LogP contribution in [0.25, 0.3) is 0 Å². The van der Waals surface area contributed by atoms with Gasteiger partial charge in [-0.05, 0) is 6.92 Å². The molecule has 0 aliphatic carbocycles. The second kappa shape index (κ2) is 2.57. The Bertz CT molecular complexity index is 137. The van der Waals surface area contributed by atoms with E-state index in [9.17, 15) is 4.79 Å². The van der Waals surface area contributed by atoms with Gasteiger partial charge in [0.25, 0.3) is 5.91 Å². The van der Waals surface area contributed by atoms with Crippen LogP contribution >= 0.6 is 11.6 Å². The third kappa shape index (κ3) is 1.84. The lowest BCUT2D eigenvalue weighted by Crippen LogP contribution is -2.13. The standard InChI is InChI=1S/C4H7ClN2O/c1-2(6)3(5)4(7)8/h6H2,1H3,(H2,7,8)/b3-2-. The molecule has 0 spiro atoms. The van der Waals surface area contributed by atoms with E-state index < -0.39 is 5.91 Å². The van der Waals surface area contributed by atoms with Crippen LogP contribution in [0.5, 0.6) is 0 Å². The monoisotopic (exact) mass is 134 g/mol. The van der Waals surface area contributed by atoms with Crippen molar-refractivity contribution in [2.45, 2.75) is 6.92 Å². The Balaban J connectivity index is 4.23. The van der Waals surface area contributed by atoms with Gasteiger partial charge in [-0.15, -0.1) is 0 Å². The van der Waals surface area contributed by atoms with Crippen molar-refractivity contribution in [1.29, 1.82) is 0 Å². The molecule has 8 heavy (non-hydrogen) atoms. The van der Waals surface area contributed by atoms with Gasteiger partial charge in [0.05, 0.1) is 0 Å². The largest absolute Gasteiger partial charge is 0.401 e. The normalized spacial score (nSPS) is 12.8. The molecule has 0 bridgehead atoms. The minimum Gasteiger partial charge on any atom is -0.401 e. The van der Waals surface area contributed by atoms with E-state index in [4.69, 9.17) is 23.1 Å². The quantitative estimate of drug-likeness (QED) is 0.492. The Labute approximate surface area is 52.3 Å². The molecule has 0 aromatic heterocycles. The molecule has 0 fully saturated rings. The molecule has 4 N–H and O–H groups in total. The third-order valence-corrected chi connectivity index (χ3v) is 1.05. The molecule has 0 atom stereocenters. The molecule has 0 aromatic carbocycles. The van der Waals surface area contributed by atoms with Crippen molar-refractivity contribution in [3.8, 4) is 0 Å². The minimum atomic E-state index is -0.688. The highest BCUT2D eigenvalue weighted by molar-refractivity contribution is 6.42. The van der Waals surface area contributed by atoms with Crippen LogP contribution < -0.4 is 11.5 Å². The number of hydrogen-bond donors (Lipinski definition) is 2. The summed E-state index contributed by atoms with van der Waals surface area (Å²) in [6, 6.07) is 0. The van der Waals surface area contributed by atoms with Gasteiger partial charge in [0.1, 0.15) is 5.03 Å². The molecular formula is C4H7ClN2O. The lowest BCUT2D eigenvalue weighted by Gasteiger charge is -1.91. The van der Waals surface area contributed by atoms with Gasteiger partial charge >= 0.3 is 0 Å². The van der Waals surface area contributed by atoms with Crippen molar-refractivity contribution in [3.05, 3.63) is 10.7 Å². The van der Waals surface area contributed by atoms with Crippen molar-refractivity contribution >= 4 is 17.5 Å². The number of halogens is 1. The molecule has 1 amide bonds. The second-order valence-corrected chi connectivity index (χ2v) is 1.74. The van der Waals surface area contributed by atoms with Crippen LogP contribution in [0.1, 0.15) is 6.92 Å². The zero-order chi connectivity index (χ0) is 6.73. The van der Waals surface area contributed by atoms with Crippen LogP contribution in [0.2, 0.25) is 0 Å². The van der Waals surface area contributed by atoms with Gasteiger partial charge in [-0.25, -0.2) is 0 Å². The number of hydrogen-bond acceptors (Lipinski definition) is 2. The van der Waals surface area contributed by atoms with Crippen LogP contribution in [0.3, 0.4) is 0 Å². The summed E-state index contributed by atoms with van der Waals surface area (Å²) in [6.45, 7) is 1.51. The molecule has 0 heterocycles. The summed E-state index contributed by atoms with van der Waals surface area (Å²) in [7, 11) is 0. The molecule has 0 unspecified atom stereocenters. The van der Waals surface area contributed by atoms with Crippen molar-refractivity contribution < 1.29 is 4.79 Å². The van der Waals surface area contributed by atoms with Crippen LogP contribution in [0, 0.1) is 0 Å². The zero-order valence-electron chi connectivity index (χ0n) is 4.44. The van der Waals surface area contributed by atoms with Gasteiger partial charge in [-0.1, -0.05) is 11.6 Å². The van der Waals surface area contributed by atoms with Gasteiger partial charge in [-0.2, -0.15) is 0 Å². The first-order valence-electron chi connectivity index (χ1n) is 1.97. The summed E-state index contributed by atoms with van der Waals surface area (Å²) in [5, 5.41) is -0.0926. The van der Waals surface area contributed by atoms with E-state index in [-0.39, 0.29) is 10.7 Å². The molecule has 4 heteroatoms. The number of amides is 1. The third-order valence-electron chi connectivity index (χ3n) is 0.563. The van der Waals surface area contributed by atoms with E-state index in [1.807, 2.05) is 0 Å². The molecule has 0 rings (SSSR count). The molecule has 0 saturated carbocycles. The summed E-state index contributed by atoms with van der Waals surface area (Å²) in [5.74, 6) is -0.688. The fourth-order valence-electron chi connectivity index (χ4n) is 0.194. The lowest BCUT2D eigenvalue weighted by atomic mass is 10.4. The number of carbonyl (C=O) groups is 1. The smallest absolute Gasteiger partial charge is 0.261 e.